The lowest BCUT2D eigenvalue weighted by atomic mass is 9.78. The Labute approximate surface area is 149 Å². The number of hydrogen-bond acceptors (Lipinski definition) is 4. The molecule has 6 heteroatoms. The van der Waals surface area contributed by atoms with E-state index in [1.807, 2.05) is 50.8 Å². The summed E-state index contributed by atoms with van der Waals surface area (Å²) < 4.78 is 17.7. The zero-order chi connectivity index (χ0) is 17.8. The van der Waals surface area contributed by atoms with Gasteiger partial charge in [-0.1, -0.05) is 12.1 Å². The second-order valence-electron chi connectivity index (χ2n) is 8.28. The van der Waals surface area contributed by atoms with Crippen LogP contribution in [0.3, 0.4) is 0 Å². The topological polar surface area (TPSA) is 48.0 Å². The number of fused-ring (bicyclic) bond motifs is 1. The highest BCUT2D eigenvalue weighted by molar-refractivity contribution is 6.62. The van der Waals surface area contributed by atoms with Crippen molar-refractivity contribution in [1.82, 2.24) is 4.90 Å². The van der Waals surface area contributed by atoms with Crippen LogP contribution in [0.1, 0.15) is 56.5 Å². The van der Waals surface area contributed by atoms with E-state index in [1.165, 1.54) is 0 Å². The number of benzene rings is 1. The third kappa shape index (κ3) is 2.80. The highest BCUT2D eigenvalue weighted by atomic mass is 16.7. The van der Waals surface area contributed by atoms with E-state index in [1.54, 1.807) is 0 Å². The summed E-state index contributed by atoms with van der Waals surface area (Å²) in [6.07, 6.45) is 1.84. The first kappa shape index (κ1) is 17.1. The van der Waals surface area contributed by atoms with Crippen LogP contribution >= 0.6 is 0 Å². The first-order valence-electron chi connectivity index (χ1n) is 9.16. The maximum atomic E-state index is 12.9. The predicted octanol–water partition coefficient (Wildman–Crippen LogP) is 2.12. The SMILES string of the molecule is CC1(C)OB(c2ccc3c(c2)C(=O)N(C2CCOCC2)C3)OC1(C)C. The Kier molecular flexibility index (Phi) is 3.98. The van der Waals surface area contributed by atoms with Crippen molar-refractivity contribution in [3.05, 3.63) is 29.3 Å². The summed E-state index contributed by atoms with van der Waals surface area (Å²) in [4.78, 5) is 14.9. The van der Waals surface area contributed by atoms with Crippen LogP contribution in [0.5, 0.6) is 0 Å². The van der Waals surface area contributed by atoms with E-state index < -0.39 is 7.12 Å². The highest BCUT2D eigenvalue weighted by Crippen LogP contribution is 2.37. The number of hydrogen-bond donors (Lipinski definition) is 0. The Hall–Kier alpha value is -1.37. The zero-order valence-corrected chi connectivity index (χ0v) is 15.5. The molecule has 0 spiro atoms. The monoisotopic (exact) mass is 343 g/mol. The second-order valence-corrected chi connectivity index (χ2v) is 8.28. The molecular formula is C19H26BNO4. The molecule has 2 fully saturated rings. The molecule has 0 aromatic heterocycles. The van der Waals surface area contributed by atoms with Gasteiger partial charge in [0.25, 0.3) is 5.91 Å². The number of nitrogens with zero attached hydrogens (tertiary/aromatic N) is 1. The number of ether oxygens (including phenoxy) is 1. The molecule has 0 radical (unpaired) electrons. The Morgan fingerprint density at radius 2 is 1.72 bits per heavy atom. The van der Waals surface area contributed by atoms with Crippen LogP contribution in [0.2, 0.25) is 0 Å². The van der Waals surface area contributed by atoms with Gasteiger partial charge >= 0.3 is 7.12 Å². The Balaban J connectivity index is 1.57. The summed E-state index contributed by atoms with van der Waals surface area (Å²) in [6, 6.07) is 6.32. The molecule has 1 amide bonds. The maximum absolute atomic E-state index is 12.9. The molecule has 3 aliphatic rings. The van der Waals surface area contributed by atoms with Gasteiger partial charge in [-0.25, -0.2) is 0 Å². The molecule has 5 nitrogen and oxygen atoms in total. The predicted molar refractivity (Wildman–Crippen MR) is 95.9 cm³/mol. The number of carbonyl (C=O) groups is 1. The first-order valence-corrected chi connectivity index (χ1v) is 9.16. The Morgan fingerprint density at radius 3 is 2.36 bits per heavy atom. The lowest BCUT2D eigenvalue weighted by Crippen LogP contribution is -2.41. The van der Waals surface area contributed by atoms with Gasteiger partial charge in [0.1, 0.15) is 0 Å². The lowest BCUT2D eigenvalue weighted by Gasteiger charge is -2.32. The van der Waals surface area contributed by atoms with Crippen LogP contribution in [-0.4, -0.2) is 48.4 Å². The minimum absolute atomic E-state index is 0.125. The van der Waals surface area contributed by atoms with Crippen molar-refractivity contribution in [3.63, 3.8) is 0 Å². The van der Waals surface area contributed by atoms with Crippen molar-refractivity contribution in [1.29, 1.82) is 0 Å². The Morgan fingerprint density at radius 1 is 1.08 bits per heavy atom. The molecule has 3 heterocycles. The van der Waals surface area contributed by atoms with Crippen LogP contribution in [-0.2, 0) is 20.6 Å². The van der Waals surface area contributed by atoms with Crippen molar-refractivity contribution in [2.75, 3.05) is 13.2 Å². The van der Waals surface area contributed by atoms with Crippen LogP contribution < -0.4 is 5.46 Å². The summed E-state index contributed by atoms with van der Waals surface area (Å²) in [5, 5.41) is 0. The summed E-state index contributed by atoms with van der Waals surface area (Å²) >= 11 is 0. The first-order chi connectivity index (χ1) is 11.8. The molecule has 0 saturated carbocycles. The standard InChI is InChI=1S/C19H26BNO4/c1-18(2)19(3,4)25-20(24-18)14-6-5-13-12-21(17(22)16(13)11-14)15-7-9-23-10-8-15/h5-6,11,15H,7-10,12H2,1-4H3. The van der Waals surface area contributed by atoms with E-state index in [2.05, 4.69) is 0 Å². The summed E-state index contributed by atoms with van der Waals surface area (Å²) in [7, 11) is -0.430. The number of amides is 1. The molecule has 1 aromatic carbocycles. The molecule has 0 aliphatic carbocycles. The fourth-order valence-electron chi connectivity index (χ4n) is 3.76. The van der Waals surface area contributed by atoms with E-state index in [-0.39, 0.29) is 23.2 Å². The molecular weight excluding hydrogens is 317 g/mol. The smallest absolute Gasteiger partial charge is 0.399 e. The molecule has 134 valence electrons. The van der Waals surface area contributed by atoms with E-state index in [0.717, 1.165) is 42.6 Å². The molecule has 3 aliphatic heterocycles. The molecule has 1 aromatic rings. The van der Waals surface area contributed by atoms with Crippen molar-refractivity contribution in [2.45, 2.75) is 64.3 Å². The van der Waals surface area contributed by atoms with Gasteiger partial charge in [0.15, 0.2) is 0 Å². The van der Waals surface area contributed by atoms with Crippen LogP contribution in [0.15, 0.2) is 18.2 Å². The third-order valence-corrected chi connectivity index (χ3v) is 6.12. The third-order valence-electron chi connectivity index (χ3n) is 6.12. The Bertz CT molecular complexity index is 681. The van der Waals surface area contributed by atoms with Crippen molar-refractivity contribution >= 4 is 18.5 Å². The van der Waals surface area contributed by atoms with Gasteiger partial charge in [-0.2, -0.15) is 0 Å². The maximum Gasteiger partial charge on any atom is 0.494 e. The lowest BCUT2D eigenvalue weighted by molar-refractivity contribution is 0.00578. The number of carbonyl (C=O) groups excluding carboxylic acids is 1. The van der Waals surface area contributed by atoms with Gasteiger partial charge in [0.2, 0.25) is 0 Å². The highest BCUT2D eigenvalue weighted by Gasteiger charge is 2.52. The van der Waals surface area contributed by atoms with Gasteiger partial charge in [-0.15, -0.1) is 0 Å². The van der Waals surface area contributed by atoms with Crippen LogP contribution in [0.4, 0.5) is 0 Å². The van der Waals surface area contributed by atoms with Gasteiger partial charge in [-0.3, -0.25) is 4.79 Å². The fraction of sp³-hybridized carbons (Fsp3) is 0.632. The van der Waals surface area contributed by atoms with Gasteiger partial charge in [0.05, 0.1) is 11.2 Å². The average Bonchev–Trinajstić information content (AvgIpc) is 3.01. The summed E-state index contributed by atoms with van der Waals surface area (Å²) in [5.41, 5.74) is 2.04. The van der Waals surface area contributed by atoms with E-state index in [4.69, 9.17) is 14.0 Å². The quantitative estimate of drug-likeness (QED) is 0.772. The van der Waals surface area contributed by atoms with Crippen molar-refractivity contribution in [2.24, 2.45) is 0 Å². The minimum Gasteiger partial charge on any atom is -0.399 e. The zero-order valence-electron chi connectivity index (χ0n) is 15.5. The minimum atomic E-state index is -0.430. The fourth-order valence-corrected chi connectivity index (χ4v) is 3.76. The van der Waals surface area contributed by atoms with Gasteiger partial charge in [-0.05, 0) is 57.6 Å². The van der Waals surface area contributed by atoms with Crippen LogP contribution in [0.25, 0.3) is 0 Å². The molecule has 2 saturated heterocycles. The molecule has 4 rings (SSSR count). The summed E-state index contributed by atoms with van der Waals surface area (Å²) in [5.74, 6) is 0.125. The van der Waals surface area contributed by atoms with Crippen LogP contribution in [0, 0.1) is 0 Å². The molecule has 0 bridgehead atoms. The van der Waals surface area contributed by atoms with E-state index in [9.17, 15) is 4.79 Å². The van der Waals surface area contributed by atoms with E-state index in [0.29, 0.717) is 6.54 Å². The molecule has 25 heavy (non-hydrogen) atoms. The van der Waals surface area contributed by atoms with E-state index >= 15 is 0 Å². The number of rotatable bonds is 2. The van der Waals surface area contributed by atoms with Crippen molar-refractivity contribution in [3.8, 4) is 0 Å². The molecule has 0 unspecified atom stereocenters. The molecule has 0 N–H and O–H groups in total. The summed E-state index contributed by atoms with van der Waals surface area (Å²) in [6.45, 7) is 10.3. The molecule has 0 atom stereocenters. The largest absolute Gasteiger partial charge is 0.494 e. The second kappa shape index (κ2) is 5.83. The van der Waals surface area contributed by atoms with Gasteiger partial charge < -0.3 is 18.9 Å². The van der Waals surface area contributed by atoms with Crippen molar-refractivity contribution < 1.29 is 18.8 Å². The van der Waals surface area contributed by atoms with Gasteiger partial charge in [0, 0.05) is 31.4 Å². The normalized spacial score (nSPS) is 25.5. The average molecular weight is 343 g/mol.